The van der Waals surface area contributed by atoms with Gasteiger partial charge in [0.1, 0.15) is 0 Å². The van der Waals surface area contributed by atoms with E-state index in [4.69, 9.17) is 0 Å². The van der Waals surface area contributed by atoms with E-state index in [1.165, 1.54) is 24.0 Å². The van der Waals surface area contributed by atoms with E-state index in [2.05, 4.69) is 34.9 Å². The minimum atomic E-state index is 0.200. The third-order valence-corrected chi connectivity index (χ3v) is 5.09. The molecule has 1 aromatic carbocycles. The van der Waals surface area contributed by atoms with Crippen molar-refractivity contribution in [1.82, 2.24) is 10.6 Å². The molecule has 2 fully saturated rings. The topological polar surface area (TPSA) is 41.1 Å². The minimum Gasteiger partial charge on any atom is -0.349 e. The number of benzene rings is 1. The van der Waals surface area contributed by atoms with Gasteiger partial charge in [-0.25, -0.2) is 0 Å². The van der Waals surface area contributed by atoms with Crippen LogP contribution in [-0.2, 0) is 11.2 Å². The standard InChI is InChI=1S/C16H20N2O/c19-16(13-9-11-6-8-15(13)17-11)18-14-7-5-10-3-1-2-4-12(10)14/h1-4,11,13-15,17H,5-9H2,(H,18,19). The Kier molecular flexibility index (Phi) is 2.62. The lowest BCUT2D eigenvalue weighted by atomic mass is 9.88. The smallest absolute Gasteiger partial charge is 0.225 e. The largest absolute Gasteiger partial charge is 0.349 e. The van der Waals surface area contributed by atoms with Crippen LogP contribution in [0, 0.1) is 5.92 Å². The van der Waals surface area contributed by atoms with Crippen LogP contribution in [0.5, 0.6) is 0 Å². The van der Waals surface area contributed by atoms with E-state index >= 15 is 0 Å². The fourth-order valence-electron chi connectivity index (χ4n) is 4.10. The first-order chi connectivity index (χ1) is 9.31. The van der Waals surface area contributed by atoms with Crippen LogP contribution in [-0.4, -0.2) is 18.0 Å². The SMILES string of the molecule is O=C(NC1CCc2ccccc21)C1CC2CCC1N2. The number of amides is 1. The first-order valence-electron chi connectivity index (χ1n) is 7.45. The maximum Gasteiger partial charge on any atom is 0.225 e. The molecule has 4 unspecified atom stereocenters. The molecule has 0 radical (unpaired) electrons. The average Bonchev–Trinajstić information content (AvgIpc) is 3.14. The molecule has 0 saturated carbocycles. The van der Waals surface area contributed by atoms with E-state index in [1.807, 2.05) is 0 Å². The highest BCUT2D eigenvalue weighted by atomic mass is 16.2. The van der Waals surface area contributed by atoms with Crippen molar-refractivity contribution >= 4 is 5.91 Å². The number of fused-ring (bicyclic) bond motifs is 3. The van der Waals surface area contributed by atoms with Gasteiger partial charge in [0.05, 0.1) is 12.0 Å². The van der Waals surface area contributed by atoms with Gasteiger partial charge in [0.25, 0.3) is 0 Å². The average molecular weight is 256 g/mol. The fourth-order valence-corrected chi connectivity index (χ4v) is 4.10. The molecule has 19 heavy (non-hydrogen) atoms. The van der Waals surface area contributed by atoms with Crippen LogP contribution in [0.4, 0.5) is 0 Å². The van der Waals surface area contributed by atoms with E-state index in [-0.39, 0.29) is 17.9 Å². The quantitative estimate of drug-likeness (QED) is 0.849. The van der Waals surface area contributed by atoms with Crippen molar-refractivity contribution in [3.05, 3.63) is 35.4 Å². The number of nitrogens with one attached hydrogen (secondary N) is 2. The van der Waals surface area contributed by atoms with Gasteiger partial charge in [0.2, 0.25) is 5.91 Å². The summed E-state index contributed by atoms with van der Waals surface area (Å²) in [6.07, 6.45) is 5.60. The van der Waals surface area contributed by atoms with E-state index < -0.39 is 0 Å². The molecule has 0 aromatic heterocycles. The van der Waals surface area contributed by atoms with E-state index in [1.54, 1.807) is 0 Å². The van der Waals surface area contributed by atoms with Crippen molar-refractivity contribution < 1.29 is 4.79 Å². The lowest BCUT2D eigenvalue weighted by Gasteiger charge is -2.22. The molecule has 3 aliphatic rings. The summed E-state index contributed by atoms with van der Waals surface area (Å²) in [7, 11) is 0. The van der Waals surface area contributed by atoms with E-state index in [0.29, 0.717) is 12.1 Å². The Morgan fingerprint density at radius 1 is 1.21 bits per heavy atom. The van der Waals surface area contributed by atoms with Crippen LogP contribution < -0.4 is 10.6 Å². The van der Waals surface area contributed by atoms with Crippen molar-refractivity contribution in [3.63, 3.8) is 0 Å². The van der Waals surface area contributed by atoms with Crippen molar-refractivity contribution in [3.8, 4) is 0 Å². The summed E-state index contributed by atoms with van der Waals surface area (Å²) in [5.74, 6) is 0.466. The van der Waals surface area contributed by atoms with Gasteiger partial charge in [-0.1, -0.05) is 24.3 Å². The molecule has 1 amide bonds. The molecule has 3 nitrogen and oxygen atoms in total. The Labute approximate surface area is 113 Å². The van der Waals surface area contributed by atoms with Crippen molar-refractivity contribution in [2.75, 3.05) is 0 Å². The van der Waals surface area contributed by atoms with Gasteiger partial charge >= 0.3 is 0 Å². The van der Waals surface area contributed by atoms with Crippen molar-refractivity contribution in [2.45, 2.75) is 50.2 Å². The molecule has 2 heterocycles. The van der Waals surface area contributed by atoms with Gasteiger partial charge in [-0.2, -0.15) is 0 Å². The highest BCUT2D eigenvalue weighted by molar-refractivity contribution is 5.80. The minimum absolute atomic E-state index is 0.200. The zero-order chi connectivity index (χ0) is 12.8. The first-order valence-corrected chi connectivity index (χ1v) is 7.45. The molecular weight excluding hydrogens is 236 g/mol. The summed E-state index contributed by atoms with van der Waals surface area (Å²) in [5.41, 5.74) is 2.73. The number of aryl methyl sites for hydroxylation is 1. The molecule has 2 bridgehead atoms. The fraction of sp³-hybridized carbons (Fsp3) is 0.562. The molecule has 4 rings (SSSR count). The monoisotopic (exact) mass is 256 g/mol. The number of carbonyl (C=O) groups excluding carboxylic acids is 1. The number of hydrogen-bond acceptors (Lipinski definition) is 2. The molecule has 3 heteroatoms. The predicted molar refractivity (Wildman–Crippen MR) is 73.7 cm³/mol. The maximum atomic E-state index is 12.4. The summed E-state index contributed by atoms with van der Waals surface area (Å²) in [5, 5.41) is 6.82. The molecule has 2 N–H and O–H groups in total. The second kappa shape index (κ2) is 4.34. The third-order valence-electron chi connectivity index (χ3n) is 5.09. The molecule has 100 valence electrons. The Balaban J connectivity index is 1.47. The van der Waals surface area contributed by atoms with Crippen molar-refractivity contribution in [1.29, 1.82) is 0 Å². The van der Waals surface area contributed by atoms with Crippen LogP contribution in [0.25, 0.3) is 0 Å². The van der Waals surface area contributed by atoms with Gasteiger partial charge in [-0.05, 0) is 43.2 Å². The number of rotatable bonds is 2. The lowest BCUT2D eigenvalue weighted by molar-refractivity contribution is -0.126. The Hall–Kier alpha value is -1.35. The molecule has 2 aliphatic heterocycles. The summed E-state index contributed by atoms with van der Waals surface area (Å²) in [4.78, 5) is 12.4. The maximum absolute atomic E-state index is 12.4. The summed E-state index contributed by atoms with van der Waals surface area (Å²) in [6, 6.07) is 9.76. The van der Waals surface area contributed by atoms with Crippen molar-refractivity contribution in [2.24, 2.45) is 5.92 Å². The number of hydrogen-bond donors (Lipinski definition) is 2. The van der Waals surface area contributed by atoms with E-state index in [9.17, 15) is 4.79 Å². The summed E-state index contributed by atoms with van der Waals surface area (Å²) in [6.45, 7) is 0. The summed E-state index contributed by atoms with van der Waals surface area (Å²) >= 11 is 0. The van der Waals surface area contributed by atoms with Gasteiger partial charge in [0, 0.05) is 12.1 Å². The number of carbonyl (C=O) groups is 1. The molecular formula is C16H20N2O. The van der Waals surface area contributed by atoms with Crippen LogP contribution in [0.15, 0.2) is 24.3 Å². The zero-order valence-electron chi connectivity index (χ0n) is 11.1. The highest BCUT2D eigenvalue weighted by Crippen LogP contribution is 2.35. The second-order valence-electron chi connectivity index (χ2n) is 6.19. The van der Waals surface area contributed by atoms with Gasteiger partial charge in [-0.15, -0.1) is 0 Å². The van der Waals surface area contributed by atoms with Gasteiger partial charge in [0.15, 0.2) is 0 Å². The lowest BCUT2D eigenvalue weighted by Crippen LogP contribution is -2.38. The molecule has 4 atom stereocenters. The van der Waals surface area contributed by atoms with Crippen LogP contribution in [0.2, 0.25) is 0 Å². The highest BCUT2D eigenvalue weighted by Gasteiger charge is 2.43. The van der Waals surface area contributed by atoms with Gasteiger partial charge in [-0.3, -0.25) is 4.79 Å². The first kappa shape index (κ1) is 11.5. The normalized spacial score (nSPS) is 35.4. The van der Waals surface area contributed by atoms with Crippen LogP contribution in [0.3, 0.4) is 0 Å². The Morgan fingerprint density at radius 2 is 2.11 bits per heavy atom. The summed E-state index contributed by atoms with van der Waals surface area (Å²) < 4.78 is 0. The van der Waals surface area contributed by atoms with Gasteiger partial charge < -0.3 is 10.6 Å². The molecule has 2 saturated heterocycles. The Bertz CT molecular complexity index is 513. The van der Waals surface area contributed by atoms with E-state index in [0.717, 1.165) is 19.3 Å². The molecule has 0 spiro atoms. The Morgan fingerprint density at radius 3 is 2.89 bits per heavy atom. The zero-order valence-corrected chi connectivity index (χ0v) is 11.1. The molecule has 1 aliphatic carbocycles. The predicted octanol–water partition coefficient (Wildman–Crippen LogP) is 1.93. The molecule has 1 aromatic rings. The van der Waals surface area contributed by atoms with Crippen LogP contribution in [0.1, 0.15) is 42.9 Å². The third kappa shape index (κ3) is 1.88. The van der Waals surface area contributed by atoms with Crippen LogP contribution >= 0.6 is 0 Å². The second-order valence-corrected chi connectivity index (χ2v) is 6.19.